The summed E-state index contributed by atoms with van der Waals surface area (Å²) in [6.07, 6.45) is -0.766. The van der Waals surface area contributed by atoms with Crippen molar-refractivity contribution in [2.24, 2.45) is 23.2 Å². The lowest BCUT2D eigenvalue weighted by atomic mass is 9.55. The van der Waals surface area contributed by atoms with Crippen molar-refractivity contribution in [1.82, 2.24) is 0 Å². The van der Waals surface area contributed by atoms with Gasteiger partial charge >= 0.3 is 11.9 Å². The van der Waals surface area contributed by atoms with Crippen molar-refractivity contribution in [1.29, 1.82) is 0 Å². The molecule has 8 rings (SSSR count). The predicted octanol–water partition coefficient (Wildman–Crippen LogP) is 2.56. The molecule has 55 heavy (non-hydrogen) atoms. The van der Waals surface area contributed by atoms with Gasteiger partial charge < -0.3 is 62.7 Å². The van der Waals surface area contributed by atoms with Gasteiger partial charge in [-0.15, -0.1) is 0 Å². The second-order valence-electron chi connectivity index (χ2n) is 17.3. The van der Waals surface area contributed by atoms with Crippen LogP contribution in [0.3, 0.4) is 0 Å². The quantitative estimate of drug-likeness (QED) is 0.253. The third-order valence-electron chi connectivity index (χ3n) is 13.8. The monoisotopic (exact) mass is 778 g/mol. The van der Waals surface area contributed by atoms with Crippen LogP contribution in [0.4, 0.5) is 0 Å². The van der Waals surface area contributed by atoms with E-state index >= 15 is 0 Å². The van der Waals surface area contributed by atoms with Crippen LogP contribution >= 0.6 is 0 Å². The summed E-state index contributed by atoms with van der Waals surface area (Å²) in [6, 6.07) is 0. The van der Waals surface area contributed by atoms with Gasteiger partial charge in [-0.05, 0) is 64.2 Å². The van der Waals surface area contributed by atoms with Gasteiger partial charge in [0, 0.05) is 38.9 Å². The van der Waals surface area contributed by atoms with Gasteiger partial charge in [-0.25, -0.2) is 4.79 Å². The lowest BCUT2D eigenvalue weighted by molar-refractivity contribution is -0.336. The molecular weight excluding hydrogens is 720 g/mol. The number of methoxy groups -OCH3 is 1. The fourth-order valence-corrected chi connectivity index (χ4v) is 10.6. The molecule has 2 aliphatic carbocycles. The van der Waals surface area contributed by atoms with Gasteiger partial charge in [-0.1, -0.05) is 24.6 Å². The van der Waals surface area contributed by atoms with Crippen LogP contribution in [0.5, 0.6) is 0 Å². The molecular formula is C40H58O15. The van der Waals surface area contributed by atoms with E-state index in [-0.39, 0.29) is 48.8 Å². The standard InChI is InChI=1S/C40H58O15/c1-18-34(43)28(46-6)16-32(48-18)54-36-20(3)50-31(15-27(36)42)53-35-19(2)49-30(14-26(35)41)51-22-11-12-39(4)21(13-22)7-8-23-25(39)10-9-24-33-29(52-37(23)44)17-47-40(33,5)55-38(24)45/h7,9,18-20,22-23,25-36,41-43H,8,10-17H2,1-6H3/b24-9-/t18-,19+,20+,22-,23+,25-,26+,27-,28+,29+,30-,31-,32-,33+,34-,35+,36+,39-,40+/m0/s1. The zero-order chi connectivity index (χ0) is 39.0. The molecule has 6 heterocycles. The summed E-state index contributed by atoms with van der Waals surface area (Å²) in [6.45, 7) is 9.52. The maximum absolute atomic E-state index is 13.7. The van der Waals surface area contributed by atoms with Crippen LogP contribution in [0.25, 0.3) is 0 Å². The Morgan fingerprint density at radius 1 is 0.818 bits per heavy atom. The Hall–Kier alpha value is -2.02. The number of carbonyl (C=O) groups excluding carboxylic acids is 2. The third kappa shape index (κ3) is 7.34. The Bertz CT molecular complexity index is 1490. The molecule has 6 fully saturated rings. The van der Waals surface area contributed by atoms with Crippen LogP contribution in [-0.2, 0) is 57.0 Å². The Labute approximate surface area is 321 Å². The summed E-state index contributed by atoms with van der Waals surface area (Å²) in [5.41, 5.74) is 1.48. The molecule has 0 aromatic heterocycles. The molecule has 1 saturated carbocycles. The van der Waals surface area contributed by atoms with Gasteiger partial charge in [-0.2, -0.15) is 0 Å². The Morgan fingerprint density at radius 2 is 1.45 bits per heavy atom. The fourth-order valence-electron chi connectivity index (χ4n) is 10.6. The van der Waals surface area contributed by atoms with Crippen LogP contribution in [0, 0.1) is 23.2 Å². The van der Waals surface area contributed by atoms with Crippen molar-refractivity contribution in [3.63, 3.8) is 0 Å². The van der Waals surface area contributed by atoms with Gasteiger partial charge in [0.1, 0.15) is 24.4 Å². The summed E-state index contributed by atoms with van der Waals surface area (Å²) < 4.78 is 59.9. The molecule has 0 aromatic carbocycles. The van der Waals surface area contributed by atoms with E-state index in [2.05, 4.69) is 13.0 Å². The zero-order valence-electron chi connectivity index (χ0n) is 32.6. The number of carbonyl (C=O) groups is 2. The van der Waals surface area contributed by atoms with Crippen molar-refractivity contribution < 1.29 is 72.3 Å². The highest BCUT2D eigenvalue weighted by molar-refractivity contribution is 5.92. The molecule has 0 spiro atoms. The highest BCUT2D eigenvalue weighted by Crippen LogP contribution is 2.56. The second kappa shape index (κ2) is 15.3. The largest absolute Gasteiger partial charge is 0.459 e. The summed E-state index contributed by atoms with van der Waals surface area (Å²) in [5.74, 6) is -2.58. The zero-order valence-corrected chi connectivity index (χ0v) is 32.6. The smallest absolute Gasteiger partial charge is 0.336 e. The van der Waals surface area contributed by atoms with Crippen molar-refractivity contribution in [2.75, 3.05) is 13.7 Å². The summed E-state index contributed by atoms with van der Waals surface area (Å²) in [7, 11) is 1.53. The minimum Gasteiger partial charge on any atom is -0.459 e. The van der Waals surface area contributed by atoms with E-state index in [1.54, 1.807) is 20.8 Å². The minimum atomic E-state index is -1.11. The van der Waals surface area contributed by atoms with Crippen molar-refractivity contribution in [2.45, 2.75) is 178 Å². The Balaban J connectivity index is 0.850. The molecule has 0 amide bonds. The van der Waals surface area contributed by atoms with Crippen molar-refractivity contribution in [3.05, 3.63) is 23.3 Å². The van der Waals surface area contributed by atoms with Crippen LogP contribution < -0.4 is 0 Å². The molecule has 6 aliphatic heterocycles. The Morgan fingerprint density at radius 3 is 2.11 bits per heavy atom. The highest BCUT2D eigenvalue weighted by atomic mass is 16.8. The molecule has 5 saturated heterocycles. The highest BCUT2D eigenvalue weighted by Gasteiger charge is 2.61. The maximum Gasteiger partial charge on any atom is 0.336 e. The number of aliphatic hydroxyl groups excluding tert-OH is 3. The normalized spacial score (nSPS) is 52.2. The van der Waals surface area contributed by atoms with Gasteiger partial charge in [0.2, 0.25) is 5.79 Å². The number of hydrogen-bond donors (Lipinski definition) is 3. The number of hydrogen-bond acceptors (Lipinski definition) is 15. The fraction of sp³-hybridized carbons (Fsp3) is 0.850. The van der Waals surface area contributed by atoms with Gasteiger partial charge in [-0.3, -0.25) is 4.79 Å². The second-order valence-corrected chi connectivity index (χ2v) is 17.3. The number of esters is 2. The third-order valence-corrected chi connectivity index (χ3v) is 13.8. The average Bonchev–Trinajstić information content (AvgIpc) is 3.59. The van der Waals surface area contributed by atoms with E-state index in [1.165, 1.54) is 12.7 Å². The lowest BCUT2D eigenvalue weighted by Gasteiger charge is -2.50. The van der Waals surface area contributed by atoms with E-state index in [0.29, 0.717) is 31.3 Å². The number of fused-ring (bicyclic) bond motifs is 3. The van der Waals surface area contributed by atoms with Gasteiger partial charge in [0.05, 0.1) is 61.2 Å². The van der Waals surface area contributed by atoms with E-state index < -0.39 is 97.6 Å². The van der Waals surface area contributed by atoms with Gasteiger partial charge in [0.15, 0.2) is 18.9 Å². The first kappa shape index (κ1) is 39.8. The molecule has 0 bridgehead atoms. The average molecular weight is 779 g/mol. The Kier molecular flexibility index (Phi) is 11.1. The topological polar surface area (TPSA) is 187 Å². The first-order chi connectivity index (χ1) is 26.2. The molecule has 19 atom stereocenters. The van der Waals surface area contributed by atoms with Crippen LogP contribution in [0.1, 0.15) is 86.0 Å². The number of ether oxygens (including phenoxy) is 10. The molecule has 15 nitrogen and oxygen atoms in total. The summed E-state index contributed by atoms with van der Waals surface area (Å²) in [5, 5.41) is 32.6. The van der Waals surface area contributed by atoms with E-state index in [4.69, 9.17) is 47.4 Å². The summed E-state index contributed by atoms with van der Waals surface area (Å²) >= 11 is 0. The van der Waals surface area contributed by atoms with Crippen molar-refractivity contribution in [3.8, 4) is 0 Å². The van der Waals surface area contributed by atoms with E-state index in [0.717, 1.165) is 12.8 Å². The SMILES string of the molecule is CO[C@@H]1C[C@H](O[C@H]2[C@@H](O)C[C@H](O[C@H]3[C@H](O)C[C@H](O[C@H]4CC[C@@]5(C)C(=CC[C@H]6C(=O)O[C@@H]7CO[C@]8(C)OC(=O)/C(=C\C[C@@H]65)[C@H]78)C4)O[C@@H]3C)O[C@@H]2C)O[C@@H](C)[C@@H]1O. The number of rotatable bonds is 7. The maximum atomic E-state index is 13.7. The van der Waals surface area contributed by atoms with E-state index in [9.17, 15) is 24.9 Å². The molecule has 8 aliphatic rings. The summed E-state index contributed by atoms with van der Waals surface area (Å²) in [4.78, 5) is 26.6. The molecule has 0 radical (unpaired) electrons. The minimum absolute atomic E-state index is 0.0510. The number of allylic oxidation sites excluding steroid dienone is 2. The molecule has 0 aromatic rings. The first-order valence-electron chi connectivity index (χ1n) is 20.1. The van der Waals surface area contributed by atoms with Gasteiger partial charge in [0.25, 0.3) is 0 Å². The van der Waals surface area contributed by atoms with Crippen LogP contribution in [0.2, 0.25) is 0 Å². The molecule has 15 heteroatoms. The molecule has 3 N–H and O–H groups in total. The van der Waals surface area contributed by atoms with Crippen molar-refractivity contribution >= 4 is 11.9 Å². The van der Waals surface area contributed by atoms with E-state index in [1.807, 2.05) is 13.0 Å². The predicted molar refractivity (Wildman–Crippen MR) is 188 cm³/mol. The van der Waals surface area contributed by atoms with Crippen LogP contribution in [0.15, 0.2) is 23.3 Å². The molecule has 0 unspecified atom stereocenters. The molecule has 308 valence electrons. The first-order valence-corrected chi connectivity index (χ1v) is 20.1. The lowest BCUT2D eigenvalue weighted by Crippen LogP contribution is -2.56. The van der Waals surface area contributed by atoms with Crippen LogP contribution in [-0.4, -0.2) is 133 Å². The number of aliphatic hydroxyl groups is 3.